The number of piperazine rings is 1. The first-order valence-electron chi connectivity index (χ1n) is 8.88. The van der Waals surface area contributed by atoms with Crippen LogP contribution in [0.2, 0.25) is 0 Å². The van der Waals surface area contributed by atoms with E-state index in [1.807, 2.05) is 6.07 Å². The molecule has 1 unspecified atom stereocenters. The van der Waals surface area contributed by atoms with Crippen molar-refractivity contribution in [2.45, 2.75) is 12.6 Å². The predicted molar refractivity (Wildman–Crippen MR) is 98.8 cm³/mol. The van der Waals surface area contributed by atoms with Crippen molar-refractivity contribution in [3.63, 3.8) is 0 Å². The highest BCUT2D eigenvalue weighted by atomic mass is 19.1. The molecule has 144 valence electrons. The maximum atomic E-state index is 13.6. The highest BCUT2D eigenvalue weighted by Crippen LogP contribution is 2.26. The van der Waals surface area contributed by atoms with Gasteiger partial charge < -0.3 is 9.84 Å². The van der Waals surface area contributed by atoms with Gasteiger partial charge in [0.1, 0.15) is 5.82 Å². The summed E-state index contributed by atoms with van der Waals surface area (Å²) in [7, 11) is 0. The number of nitro benzene ring substituents is 1. The van der Waals surface area contributed by atoms with Crippen molar-refractivity contribution in [2.24, 2.45) is 0 Å². The normalized spacial score (nSPS) is 17.5. The molecule has 0 radical (unpaired) electrons. The van der Waals surface area contributed by atoms with Crippen LogP contribution in [-0.4, -0.2) is 39.6 Å². The second-order valence-corrected chi connectivity index (χ2v) is 6.56. The minimum absolute atomic E-state index is 0.0161. The molecule has 8 nitrogen and oxygen atoms in total. The van der Waals surface area contributed by atoms with Gasteiger partial charge in [0.25, 0.3) is 5.69 Å². The number of benzene rings is 2. The summed E-state index contributed by atoms with van der Waals surface area (Å²) in [6.45, 7) is 2.65. The summed E-state index contributed by atoms with van der Waals surface area (Å²) in [6.07, 6.45) is 0. The van der Waals surface area contributed by atoms with E-state index < -0.39 is 4.92 Å². The third kappa shape index (κ3) is 3.90. The van der Waals surface area contributed by atoms with Gasteiger partial charge in [-0.05, 0) is 17.7 Å². The molecule has 3 aromatic rings. The molecule has 1 aromatic heterocycles. The number of nitrogens with zero attached hydrogens (tertiary/aromatic N) is 4. The Morgan fingerprint density at radius 1 is 1.29 bits per heavy atom. The molecule has 1 aliphatic rings. The maximum Gasteiger partial charge on any atom is 0.270 e. The second kappa shape index (κ2) is 7.83. The Labute approximate surface area is 160 Å². The molecule has 1 N–H and O–H groups in total. The van der Waals surface area contributed by atoms with Gasteiger partial charge in [0.15, 0.2) is 0 Å². The quantitative estimate of drug-likeness (QED) is 0.534. The van der Waals surface area contributed by atoms with Gasteiger partial charge in [-0.25, -0.2) is 4.39 Å². The molecular weight excluding hydrogens is 365 g/mol. The van der Waals surface area contributed by atoms with Gasteiger partial charge in [0.05, 0.1) is 11.5 Å². The second-order valence-electron chi connectivity index (χ2n) is 6.56. The molecule has 9 heteroatoms. The number of hydrogen-bond donors (Lipinski definition) is 1. The topological polar surface area (TPSA) is 97.3 Å². The third-order valence-corrected chi connectivity index (χ3v) is 4.71. The molecule has 1 atom stereocenters. The van der Waals surface area contributed by atoms with Crippen molar-refractivity contribution >= 4 is 5.69 Å². The number of nitro groups is 1. The van der Waals surface area contributed by atoms with Crippen LogP contribution in [0.15, 0.2) is 53.1 Å². The minimum atomic E-state index is -0.463. The Morgan fingerprint density at radius 3 is 2.96 bits per heavy atom. The van der Waals surface area contributed by atoms with Crippen LogP contribution in [0.4, 0.5) is 10.1 Å². The van der Waals surface area contributed by atoms with Gasteiger partial charge in [0, 0.05) is 43.4 Å². The Hall–Kier alpha value is -3.17. The summed E-state index contributed by atoms with van der Waals surface area (Å²) in [4.78, 5) is 17.0. The molecule has 0 spiro atoms. The summed E-state index contributed by atoms with van der Waals surface area (Å²) in [5, 5.41) is 18.2. The zero-order valence-corrected chi connectivity index (χ0v) is 14.9. The number of aromatic nitrogens is 2. The van der Waals surface area contributed by atoms with E-state index in [1.165, 1.54) is 24.3 Å². The number of non-ortho nitro benzene ring substituents is 1. The lowest BCUT2D eigenvalue weighted by Gasteiger charge is -2.35. The van der Waals surface area contributed by atoms with Gasteiger partial charge in [0.2, 0.25) is 11.7 Å². The molecule has 1 aliphatic heterocycles. The molecule has 0 bridgehead atoms. The van der Waals surface area contributed by atoms with Crippen LogP contribution in [0.3, 0.4) is 0 Å². The lowest BCUT2D eigenvalue weighted by molar-refractivity contribution is -0.384. The van der Waals surface area contributed by atoms with Crippen LogP contribution < -0.4 is 5.32 Å². The van der Waals surface area contributed by atoms with Gasteiger partial charge in [-0.15, -0.1) is 0 Å². The Morgan fingerprint density at radius 2 is 2.14 bits per heavy atom. The molecule has 0 aliphatic carbocycles. The Balaban J connectivity index is 1.54. The molecule has 2 aromatic carbocycles. The van der Waals surface area contributed by atoms with E-state index in [0.717, 1.165) is 18.7 Å². The van der Waals surface area contributed by atoms with Crippen LogP contribution in [-0.2, 0) is 6.54 Å². The fraction of sp³-hybridized carbons (Fsp3) is 0.263. The average Bonchev–Trinajstić information content (AvgIpc) is 3.17. The van der Waals surface area contributed by atoms with Gasteiger partial charge >= 0.3 is 0 Å². The van der Waals surface area contributed by atoms with Gasteiger partial charge in [-0.3, -0.25) is 15.0 Å². The Bertz CT molecular complexity index is 993. The molecule has 1 saturated heterocycles. The standard InChI is InChI=1S/C19H18FN5O3/c20-15-5-1-3-13(9-15)17-11-21-7-8-24(17)12-18-22-19(23-28-18)14-4-2-6-16(10-14)25(26)27/h1-6,9-10,17,21H,7-8,11-12H2. The van der Waals surface area contributed by atoms with Gasteiger partial charge in [-0.1, -0.05) is 29.4 Å². The van der Waals surface area contributed by atoms with Crippen LogP contribution in [0.5, 0.6) is 0 Å². The fourth-order valence-electron chi connectivity index (χ4n) is 3.35. The SMILES string of the molecule is O=[N+]([O-])c1cccc(-c2noc(CN3CCNCC3c3cccc(F)c3)n2)c1. The minimum Gasteiger partial charge on any atom is -0.338 e. The summed E-state index contributed by atoms with van der Waals surface area (Å²) in [6, 6.07) is 12.6. The first kappa shape index (κ1) is 18.2. The van der Waals surface area contributed by atoms with Crippen molar-refractivity contribution in [1.29, 1.82) is 0 Å². The smallest absolute Gasteiger partial charge is 0.270 e. The van der Waals surface area contributed by atoms with Crippen LogP contribution in [0.1, 0.15) is 17.5 Å². The molecule has 0 amide bonds. The van der Waals surface area contributed by atoms with E-state index in [1.54, 1.807) is 18.2 Å². The maximum absolute atomic E-state index is 13.6. The highest BCUT2D eigenvalue weighted by molar-refractivity contribution is 5.58. The van der Waals surface area contributed by atoms with E-state index in [9.17, 15) is 14.5 Å². The van der Waals surface area contributed by atoms with Crippen molar-refractivity contribution in [2.75, 3.05) is 19.6 Å². The molecular formula is C19H18FN5O3. The van der Waals surface area contributed by atoms with Crippen LogP contribution in [0, 0.1) is 15.9 Å². The highest BCUT2D eigenvalue weighted by Gasteiger charge is 2.26. The molecule has 1 fully saturated rings. The zero-order chi connectivity index (χ0) is 19.5. The molecule has 28 heavy (non-hydrogen) atoms. The largest absolute Gasteiger partial charge is 0.338 e. The summed E-state index contributed by atoms with van der Waals surface area (Å²) in [5.41, 5.74) is 1.37. The molecule has 4 rings (SSSR count). The van der Waals surface area contributed by atoms with Crippen molar-refractivity contribution in [3.05, 3.63) is 75.9 Å². The van der Waals surface area contributed by atoms with Crippen molar-refractivity contribution < 1.29 is 13.8 Å². The predicted octanol–water partition coefficient (Wildman–Crippen LogP) is 2.93. The van der Waals surface area contributed by atoms with Crippen LogP contribution in [0.25, 0.3) is 11.4 Å². The zero-order valence-electron chi connectivity index (χ0n) is 14.9. The number of nitrogens with one attached hydrogen (secondary N) is 1. The average molecular weight is 383 g/mol. The first-order valence-corrected chi connectivity index (χ1v) is 8.88. The van der Waals surface area contributed by atoms with E-state index in [2.05, 4.69) is 20.4 Å². The van der Waals surface area contributed by atoms with Crippen molar-refractivity contribution in [1.82, 2.24) is 20.4 Å². The third-order valence-electron chi connectivity index (χ3n) is 4.71. The van der Waals surface area contributed by atoms with E-state index in [0.29, 0.717) is 30.4 Å². The summed E-state index contributed by atoms with van der Waals surface area (Å²) >= 11 is 0. The Kier molecular flexibility index (Phi) is 5.09. The number of hydrogen-bond acceptors (Lipinski definition) is 7. The number of halogens is 1. The summed E-state index contributed by atoms with van der Waals surface area (Å²) < 4.78 is 19.0. The van der Waals surface area contributed by atoms with E-state index in [4.69, 9.17) is 4.52 Å². The lowest BCUT2D eigenvalue weighted by atomic mass is 10.0. The molecule has 0 saturated carbocycles. The molecule has 2 heterocycles. The van der Waals surface area contributed by atoms with Crippen molar-refractivity contribution in [3.8, 4) is 11.4 Å². The van der Waals surface area contributed by atoms with E-state index in [-0.39, 0.29) is 17.5 Å². The fourth-order valence-corrected chi connectivity index (χ4v) is 3.35. The van der Waals surface area contributed by atoms with E-state index >= 15 is 0 Å². The monoisotopic (exact) mass is 383 g/mol. The van der Waals surface area contributed by atoms with Crippen LogP contribution >= 0.6 is 0 Å². The number of rotatable bonds is 5. The lowest BCUT2D eigenvalue weighted by Crippen LogP contribution is -2.45. The summed E-state index contributed by atoms with van der Waals surface area (Å²) in [5.74, 6) is 0.440. The first-order chi connectivity index (χ1) is 13.6. The van der Waals surface area contributed by atoms with Gasteiger partial charge in [-0.2, -0.15) is 4.98 Å².